The Labute approximate surface area is 191 Å². The van der Waals surface area contributed by atoms with Crippen molar-refractivity contribution in [1.29, 1.82) is 0 Å². The molecule has 1 atom stereocenters. The Hall–Kier alpha value is -3.63. The Morgan fingerprint density at radius 2 is 1.79 bits per heavy atom. The summed E-state index contributed by atoms with van der Waals surface area (Å²) in [6.07, 6.45) is -3.28. The van der Waals surface area contributed by atoms with Crippen molar-refractivity contribution in [3.8, 4) is 0 Å². The average molecular weight is 479 g/mol. The van der Waals surface area contributed by atoms with Crippen LogP contribution in [0.25, 0.3) is 0 Å². The molecule has 0 aliphatic carbocycles. The van der Waals surface area contributed by atoms with Gasteiger partial charge >= 0.3 is 12.2 Å². The fourth-order valence-electron chi connectivity index (χ4n) is 2.98. The molecule has 0 bridgehead atoms. The van der Waals surface area contributed by atoms with Gasteiger partial charge < -0.3 is 21.1 Å². The standard InChI is InChI=1S/C22H18ClF3N4O3/c23-14-8-9-19(27-11-14)30-20(32)13-4-3-5-15(10-13)28-21(33)29-18(12-31)16-6-1-2-7-17(16)22(24,25)26/h1-11,18,31H,12H2,(H,27,30,32)(H2,28,29,33). The van der Waals surface area contributed by atoms with Crippen molar-refractivity contribution in [2.75, 3.05) is 17.2 Å². The molecule has 2 aromatic carbocycles. The SMILES string of the molecule is O=C(Nc1cccc(C(=O)Nc2ccc(Cl)cn2)c1)NC(CO)c1ccccc1C(F)(F)F. The second-order valence-corrected chi connectivity index (χ2v) is 7.25. The number of carbonyl (C=O) groups is 2. The molecule has 4 N–H and O–H groups in total. The van der Waals surface area contributed by atoms with Gasteiger partial charge in [0.25, 0.3) is 5.91 Å². The molecular formula is C22H18ClF3N4O3. The number of hydrogen-bond acceptors (Lipinski definition) is 4. The van der Waals surface area contributed by atoms with Crippen LogP contribution in [0.2, 0.25) is 5.02 Å². The molecule has 0 fully saturated rings. The molecule has 0 saturated carbocycles. The van der Waals surface area contributed by atoms with Gasteiger partial charge in [-0.3, -0.25) is 4.79 Å². The lowest BCUT2D eigenvalue weighted by molar-refractivity contribution is -0.138. The molecule has 7 nitrogen and oxygen atoms in total. The number of aliphatic hydroxyl groups excluding tert-OH is 1. The molecule has 0 spiro atoms. The van der Waals surface area contributed by atoms with Crippen molar-refractivity contribution in [3.63, 3.8) is 0 Å². The quantitative estimate of drug-likeness (QED) is 0.406. The van der Waals surface area contributed by atoms with Crippen LogP contribution in [0.15, 0.2) is 66.9 Å². The van der Waals surface area contributed by atoms with Gasteiger partial charge in [-0.2, -0.15) is 13.2 Å². The van der Waals surface area contributed by atoms with Gasteiger partial charge in [0, 0.05) is 17.4 Å². The summed E-state index contributed by atoms with van der Waals surface area (Å²) >= 11 is 5.76. The van der Waals surface area contributed by atoms with E-state index in [1.165, 1.54) is 54.7 Å². The highest BCUT2D eigenvalue weighted by Crippen LogP contribution is 2.34. The van der Waals surface area contributed by atoms with Crippen molar-refractivity contribution in [3.05, 3.63) is 88.6 Å². The molecule has 1 unspecified atom stereocenters. The molecule has 33 heavy (non-hydrogen) atoms. The number of nitrogens with one attached hydrogen (secondary N) is 3. The van der Waals surface area contributed by atoms with E-state index < -0.39 is 36.3 Å². The van der Waals surface area contributed by atoms with E-state index in [4.69, 9.17) is 11.6 Å². The highest BCUT2D eigenvalue weighted by Gasteiger charge is 2.35. The molecule has 0 aliphatic rings. The molecule has 0 radical (unpaired) electrons. The van der Waals surface area contributed by atoms with Gasteiger partial charge in [0.2, 0.25) is 0 Å². The fourth-order valence-corrected chi connectivity index (χ4v) is 3.09. The number of carbonyl (C=O) groups excluding carboxylic acids is 2. The van der Waals surface area contributed by atoms with Gasteiger partial charge in [-0.15, -0.1) is 0 Å². The monoisotopic (exact) mass is 478 g/mol. The third-order valence-electron chi connectivity index (χ3n) is 4.48. The van der Waals surface area contributed by atoms with Crippen molar-refractivity contribution in [2.24, 2.45) is 0 Å². The van der Waals surface area contributed by atoms with E-state index in [2.05, 4.69) is 20.9 Å². The summed E-state index contributed by atoms with van der Waals surface area (Å²) in [5, 5.41) is 17.3. The van der Waals surface area contributed by atoms with Crippen LogP contribution in [0.4, 0.5) is 29.5 Å². The number of pyridine rings is 1. The molecule has 1 aromatic heterocycles. The van der Waals surface area contributed by atoms with Crippen molar-refractivity contribution in [1.82, 2.24) is 10.3 Å². The number of urea groups is 1. The first kappa shape index (κ1) is 24.0. The van der Waals surface area contributed by atoms with Gasteiger partial charge in [0.1, 0.15) is 5.82 Å². The number of aromatic nitrogens is 1. The second-order valence-electron chi connectivity index (χ2n) is 6.82. The fraction of sp³-hybridized carbons (Fsp3) is 0.136. The average Bonchev–Trinajstić information content (AvgIpc) is 2.78. The van der Waals surface area contributed by atoms with Crippen molar-refractivity contribution >= 4 is 35.0 Å². The molecule has 3 rings (SSSR count). The van der Waals surface area contributed by atoms with Crippen LogP contribution in [0, 0.1) is 0 Å². The van der Waals surface area contributed by atoms with Gasteiger partial charge in [-0.25, -0.2) is 9.78 Å². The van der Waals surface area contributed by atoms with Crippen LogP contribution in [0.1, 0.15) is 27.5 Å². The van der Waals surface area contributed by atoms with Crippen LogP contribution in [0.3, 0.4) is 0 Å². The molecule has 11 heteroatoms. The third kappa shape index (κ3) is 6.43. The number of aliphatic hydroxyl groups is 1. The number of benzene rings is 2. The lowest BCUT2D eigenvalue weighted by atomic mass is 10.0. The topological polar surface area (TPSA) is 103 Å². The summed E-state index contributed by atoms with van der Waals surface area (Å²) in [5.74, 6) is -0.226. The van der Waals surface area contributed by atoms with E-state index in [0.717, 1.165) is 6.07 Å². The van der Waals surface area contributed by atoms with E-state index in [9.17, 15) is 27.9 Å². The largest absolute Gasteiger partial charge is 0.416 e. The first-order valence-corrected chi connectivity index (χ1v) is 9.92. The lowest BCUT2D eigenvalue weighted by Crippen LogP contribution is -2.35. The van der Waals surface area contributed by atoms with Crippen LogP contribution in [-0.2, 0) is 6.18 Å². The summed E-state index contributed by atoms with van der Waals surface area (Å²) in [6, 6.07) is 11.5. The molecule has 3 amide bonds. The van der Waals surface area contributed by atoms with Gasteiger partial charge in [-0.05, 0) is 42.0 Å². The summed E-state index contributed by atoms with van der Waals surface area (Å²) < 4.78 is 39.8. The van der Waals surface area contributed by atoms with Crippen LogP contribution < -0.4 is 16.0 Å². The lowest BCUT2D eigenvalue weighted by Gasteiger charge is -2.21. The summed E-state index contributed by atoms with van der Waals surface area (Å²) in [7, 11) is 0. The van der Waals surface area contributed by atoms with Crippen LogP contribution in [0.5, 0.6) is 0 Å². The zero-order valence-electron chi connectivity index (χ0n) is 16.9. The Morgan fingerprint density at radius 3 is 2.45 bits per heavy atom. The first-order chi connectivity index (χ1) is 15.7. The third-order valence-corrected chi connectivity index (χ3v) is 4.70. The molecule has 0 saturated heterocycles. The first-order valence-electron chi connectivity index (χ1n) is 9.55. The number of halogens is 4. The minimum atomic E-state index is -4.65. The van der Waals surface area contributed by atoms with Crippen LogP contribution in [-0.4, -0.2) is 28.6 Å². The van der Waals surface area contributed by atoms with Gasteiger partial charge in [0.05, 0.1) is 23.2 Å². The maximum atomic E-state index is 13.3. The number of hydrogen-bond donors (Lipinski definition) is 4. The summed E-state index contributed by atoms with van der Waals surface area (Å²) in [4.78, 5) is 28.8. The van der Waals surface area contributed by atoms with Crippen molar-refractivity contribution < 1.29 is 27.9 Å². The number of alkyl halides is 3. The minimum Gasteiger partial charge on any atom is -0.394 e. The zero-order chi connectivity index (χ0) is 24.0. The number of rotatable bonds is 6. The molecule has 0 aliphatic heterocycles. The summed E-state index contributed by atoms with van der Waals surface area (Å²) in [5.41, 5.74) is -0.819. The Kier molecular flexibility index (Phi) is 7.52. The van der Waals surface area contributed by atoms with Gasteiger partial charge in [-0.1, -0.05) is 35.9 Å². The highest BCUT2D eigenvalue weighted by atomic mass is 35.5. The number of anilines is 2. The maximum Gasteiger partial charge on any atom is 0.416 e. The van der Waals surface area contributed by atoms with E-state index in [1.807, 2.05) is 0 Å². The summed E-state index contributed by atoms with van der Waals surface area (Å²) in [6.45, 7) is -0.753. The normalized spacial score (nSPS) is 12.0. The van der Waals surface area contributed by atoms with Gasteiger partial charge in [0.15, 0.2) is 0 Å². The number of amides is 3. The van der Waals surface area contributed by atoms with E-state index in [-0.39, 0.29) is 22.6 Å². The molecule has 3 aromatic rings. The number of nitrogens with zero attached hydrogens (tertiary/aromatic N) is 1. The predicted octanol–water partition coefficient (Wildman–Crippen LogP) is 4.86. The van der Waals surface area contributed by atoms with E-state index in [1.54, 1.807) is 6.07 Å². The highest BCUT2D eigenvalue weighted by molar-refractivity contribution is 6.30. The van der Waals surface area contributed by atoms with E-state index >= 15 is 0 Å². The molecular weight excluding hydrogens is 461 g/mol. The predicted molar refractivity (Wildman–Crippen MR) is 117 cm³/mol. The van der Waals surface area contributed by atoms with Crippen molar-refractivity contribution in [2.45, 2.75) is 12.2 Å². The smallest absolute Gasteiger partial charge is 0.394 e. The minimum absolute atomic E-state index is 0.200. The molecule has 1 heterocycles. The Morgan fingerprint density at radius 1 is 1.03 bits per heavy atom. The van der Waals surface area contributed by atoms with E-state index in [0.29, 0.717) is 5.02 Å². The zero-order valence-corrected chi connectivity index (χ0v) is 17.6. The molecule has 172 valence electrons. The maximum absolute atomic E-state index is 13.3. The Bertz CT molecular complexity index is 1140. The Balaban J connectivity index is 1.69. The second kappa shape index (κ2) is 10.3. The van der Waals surface area contributed by atoms with Crippen LogP contribution >= 0.6 is 11.6 Å².